The van der Waals surface area contributed by atoms with E-state index in [0.717, 1.165) is 5.56 Å². The minimum atomic E-state index is -0.988. The van der Waals surface area contributed by atoms with E-state index in [-0.39, 0.29) is 31.4 Å². The molecule has 7 heteroatoms. The van der Waals surface area contributed by atoms with Crippen molar-refractivity contribution in [2.45, 2.75) is 31.7 Å². The molecule has 25 heavy (non-hydrogen) atoms. The number of carboxylic acids is 1. The van der Waals surface area contributed by atoms with Crippen LogP contribution in [0.15, 0.2) is 30.3 Å². The van der Waals surface area contributed by atoms with Crippen LogP contribution in [-0.4, -0.2) is 59.6 Å². The van der Waals surface area contributed by atoms with Crippen molar-refractivity contribution in [1.29, 1.82) is 0 Å². The van der Waals surface area contributed by atoms with Crippen molar-refractivity contribution in [2.75, 3.05) is 26.3 Å². The first-order valence-corrected chi connectivity index (χ1v) is 8.30. The Balaban J connectivity index is 1.92. The van der Waals surface area contributed by atoms with Gasteiger partial charge < -0.3 is 20.1 Å². The van der Waals surface area contributed by atoms with E-state index in [9.17, 15) is 14.4 Å². The normalized spacial score (nSPS) is 19.4. The molecule has 2 rings (SSSR count). The van der Waals surface area contributed by atoms with E-state index >= 15 is 0 Å². The van der Waals surface area contributed by atoms with Crippen molar-refractivity contribution in [3.63, 3.8) is 0 Å². The van der Waals surface area contributed by atoms with Crippen LogP contribution in [0.25, 0.3) is 0 Å². The fraction of sp³-hybridized carbons (Fsp3) is 0.500. The molecule has 2 N–H and O–H groups in total. The van der Waals surface area contributed by atoms with Gasteiger partial charge in [-0.15, -0.1) is 0 Å². The molecular weight excluding hydrogens is 324 g/mol. The Morgan fingerprint density at radius 3 is 2.56 bits per heavy atom. The first-order chi connectivity index (χ1) is 11.9. The molecular formula is C18H24N2O5. The molecule has 1 unspecified atom stereocenters. The van der Waals surface area contributed by atoms with Crippen LogP contribution >= 0.6 is 0 Å². The van der Waals surface area contributed by atoms with E-state index in [4.69, 9.17) is 9.84 Å². The van der Waals surface area contributed by atoms with Gasteiger partial charge in [0.1, 0.15) is 0 Å². The standard InChI is InChI=1S/C18H24N2O5/c1-14(21)20(9-7-15-5-3-2-4-6-15)12-16(22)19-18(11-17(23)24)8-10-25-13-18/h2-6H,7-13H2,1H3,(H,19,22)(H,23,24). The fourth-order valence-electron chi connectivity index (χ4n) is 2.94. The molecule has 1 aliphatic rings. The maximum Gasteiger partial charge on any atom is 0.305 e. The lowest BCUT2D eigenvalue weighted by Gasteiger charge is -2.29. The average Bonchev–Trinajstić information content (AvgIpc) is 2.99. The first-order valence-electron chi connectivity index (χ1n) is 8.30. The van der Waals surface area contributed by atoms with Crippen LogP contribution in [0.4, 0.5) is 0 Å². The maximum atomic E-state index is 12.4. The molecule has 0 spiro atoms. The van der Waals surface area contributed by atoms with Gasteiger partial charge in [-0.25, -0.2) is 0 Å². The third kappa shape index (κ3) is 5.86. The molecule has 0 aromatic heterocycles. The number of rotatable bonds is 8. The summed E-state index contributed by atoms with van der Waals surface area (Å²) in [7, 11) is 0. The molecule has 1 aliphatic heterocycles. The zero-order valence-electron chi connectivity index (χ0n) is 14.4. The average molecular weight is 348 g/mol. The second kappa shape index (κ2) is 8.62. The van der Waals surface area contributed by atoms with Gasteiger partial charge in [0.2, 0.25) is 11.8 Å². The zero-order valence-corrected chi connectivity index (χ0v) is 14.4. The molecule has 2 amide bonds. The molecule has 1 aromatic rings. The molecule has 0 radical (unpaired) electrons. The zero-order chi connectivity index (χ0) is 18.3. The van der Waals surface area contributed by atoms with Gasteiger partial charge in [-0.2, -0.15) is 0 Å². The maximum absolute atomic E-state index is 12.4. The van der Waals surface area contributed by atoms with Crippen LogP contribution in [0.1, 0.15) is 25.3 Å². The van der Waals surface area contributed by atoms with Crippen LogP contribution in [-0.2, 0) is 25.5 Å². The minimum absolute atomic E-state index is 0.0937. The van der Waals surface area contributed by atoms with E-state index in [2.05, 4.69) is 5.32 Å². The van der Waals surface area contributed by atoms with Crippen molar-refractivity contribution >= 4 is 17.8 Å². The second-order valence-corrected chi connectivity index (χ2v) is 6.38. The van der Waals surface area contributed by atoms with Gasteiger partial charge in [0, 0.05) is 20.1 Å². The molecule has 1 heterocycles. The van der Waals surface area contributed by atoms with Crippen molar-refractivity contribution in [2.24, 2.45) is 0 Å². The number of amides is 2. The third-order valence-corrected chi connectivity index (χ3v) is 4.29. The molecule has 0 aliphatic carbocycles. The van der Waals surface area contributed by atoms with E-state index in [1.807, 2.05) is 30.3 Å². The predicted molar refractivity (Wildman–Crippen MR) is 91.0 cm³/mol. The molecule has 7 nitrogen and oxygen atoms in total. The lowest BCUT2D eigenvalue weighted by Crippen LogP contribution is -2.53. The Morgan fingerprint density at radius 1 is 1.28 bits per heavy atom. The van der Waals surface area contributed by atoms with Crippen molar-refractivity contribution in [3.05, 3.63) is 35.9 Å². The highest BCUT2D eigenvalue weighted by molar-refractivity contribution is 5.84. The highest BCUT2D eigenvalue weighted by Crippen LogP contribution is 2.22. The lowest BCUT2D eigenvalue weighted by molar-refractivity contribution is -0.140. The van der Waals surface area contributed by atoms with Crippen LogP contribution in [0, 0.1) is 0 Å². The predicted octanol–water partition coefficient (Wildman–Crippen LogP) is 0.828. The summed E-state index contributed by atoms with van der Waals surface area (Å²) < 4.78 is 5.26. The quantitative estimate of drug-likeness (QED) is 0.725. The fourth-order valence-corrected chi connectivity index (χ4v) is 2.94. The van der Waals surface area contributed by atoms with Crippen LogP contribution in [0.3, 0.4) is 0 Å². The SMILES string of the molecule is CC(=O)N(CCc1ccccc1)CC(=O)NC1(CC(=O)O)CCOC1. The summed E-state index contributed by atoms with van der Waals surface area (Å²) in [6.07, 6.45) is 0.912. The van der Waals surface area contributed by atoms with E-state index in [1.165, 1.54) is 11.8 Å². The van der Waals surface area contributed by atoms with E-state index in [1.54, 1.807) is 0 Å². The van der Waals surface area contributed by atoms with Gasteiger partial charge in [-0.05, 0) is 18.4 Å². The van der Waals surface area contributed by atoms with Crippen LogP contribution in [0.2, 0.25) is 0 Å². The van der Waals surface area contributed by atoms with Gasteiger partial charge in [-0.3, -0.25) is 14.4 Å². The summed E-state index contributed by atoms with van der Waals surface area (Å²) in [5.41, 5.74) is 0.200. The number of carbonyl (C=O) groups is 3. The Morgan fingerprint density at radius 2 is 2.00 bits per heavy atom. The summed E-state index contributed by atoms with van der Waals surface area (Å²) in [4.78, 5) is 36.7. The van der Waals surface area contributed by atoms with Gasteiger partial charge in [0.25, 0.3) is 0 Å². The summed E-state index contributed by atoms with van der Waals surface area (Å²) in [5.74, 6) is -1.55. The number of ether oxygens (including phenoxy) is 1. The monoisotopic (exact) mass is 348 g/mol. The Kier molecular flexibility index (Phi) is 6.52. The van der Waals surface area contributed by atoms with Crippen LogP contribution in [0.5, 0.6) is 0 Å². The van der Waals surface area contributed by atoms with Gasteiger partial charge in [0.05, 0.1) is 25.1 Å². The number of carboxylic acid groups (broad SMARTS) is 1. The molecule has 1 atom stereocenters. The van der Waals surface area contributed by atoms with Crippen molar-refractivity contribution < 1.29 is 24.2 Å². The number of benzene rings is 1. The Bertz CT molecular complexity index is 611. The second-order valence-electron chi connectivity index (χ2n) is 6.38. The minimum Gasteiger partial charge on any atom is -0.481 e. The molecule has 0 saturated carbocycles. The number of nitrogens with one attached hydrogen (secondary N) is 1. The smallest absolute Gasteiger partial charge is 0.305 e. The van der Waals surface area contributed by atoms with Crippen molar-refractivity contribution in [1.82, 2.24) is 10.2 Å². The molecule has 1 aromatic carbocycles. The highest BCUT2D eigenvalue weighted by Gasteiger charge is 2.38. The highest BCUT2D eigenvalue weighted by atomic mass is 16.5. The van der Waals surface area contributed by atoms with Crippen LogP contribution < -0.4 is 5.32 Å². The number of hydrogen-bond acceptors (Lipinski definition) is 4. The first kappa shape index (κ1) is 18.9. The van der Waals surface area contributed by atoms with Gasteiger partial charge >= 0.3 is 5.97 Å². The summed E-state index contributed by atoms with van der Waals surface area (Å²) >= 11 is 0. The van der Waals surface area contributed by atoms with E-state index < -0.39 is 11.5 Å². The Hall–Kier alpha value is -2.41. The summed E-state index contributed by atoms with van der Waals surface area (Å²) in [5, 5.41) is 11.8. The number of nitrogens with zero attached hydrogens (tertiary/aromatic N) is 1. The largest absolute Gasteiger partial charge is 0.481 e. The summed E-state index contributed by atoms with van der Waals surface area (Å²) in [6, 6.07) is 9.71. The topological polar surface area (TPSA) is 95.9 Å². The lowest BCUT2D eigenvalue weighted by atomic mass is 9.94. The van der Waals surface area contributed by atoms with Gasteiger partial charge in [0.15, 0.2) is 0 Å². The molecule has 1 saturated heterocycles. The molecule has 1 fully saturated rings. The third-order valence-electron chi connectivity index (χ3n) is 4.29. The number of aliphatic carboxylic acids is 1. The van der Waals surface area contributed by atoms with E-state index in [0.29, 0.717) is 26.0 Å². The molecule has 136 valence electrons. The van der Waals surface area contributed by atoms with Gasteiger partial charge in [-0.1, -0.05) is 30.3 Å². The molecule has 0 bridgehead atoms. The number of hydrogen-bond donors (Lipinski definition) is 2. The summed E-state index contributed by atoms with van der Waals surface area (Å²) in [6.45, 7) is 2.34. The Labute approximate surface area is 147 Å². The number of carbonyl (C=O) groups excluding carboxylic acids is 2. The van der Waals surface area contributed by atoms with Crippen molar-refractivity contribution in [3.8, 4) is 0 Å².